The van der Waals surface area contributed by atoms with Gasteiger partial charge in [-0.25, -0.2) is 13.6 Å². The fraction of sp³-hybridized carbons (Fsp3) is 0. The molecule has 5 N–H and O–H groups in total. The lowest BCUT2D eigenvalue weighted by Crippen LogP contribution is -2.11. The van der Waals surface area contributed by atoms with Crippen LogP contribution in [0.15, 0.2) is 62.5 Å². The molecular formula is C15H12N6O3S. The number of aromatic nitrogens is 3. The number of sulfonamides is 1. The molecule has 2 aromatic heterocycles. The van der Waals surface area contributed by atoms with E-state index in [1.54, 1.807) is 12.3 Å². The van der Waals surface area contributed by atoms with Gasteiger partial charge in [0.25, 0.3) is 5.56 Å². The first-order valence-corrected chi connectivity index (χ1v) is 8.73. The third-order valence-corrected chi connectivity index (χ3v) is 4.73. The first-order valence-electron chi connectivity index (χ1n) is 7.18. The molecule has 0 atom stereocenters. The first kappa shape index (κ1) is 15.3. The van der Waals surface area contributed by atoms with Crippen LogP contribution in [0.25, 0.3) is 21.8 Å². The summed E-state index contributed by atoms with van der Waals surface area (Å²) in [5.74, 6) is 0. The highest BCUT2D eigenvalue weighted by Crippen LogP contribution is 2.30. The minimum atomic E-state index is -3.77. The van der Waals surface area contributed by atoms with Gasteiger partial charge in [-0.2, -0.15) is 5.11 Å². The van der Waals surface area contributed by atoms with Crippen LogP contribution >= 0.6 is 0 Å². The highest BCUT2D eigenvalue weighted by atomic mass is 32.2. The standard InChI is InChI=1S/C15H12N6O3S/c16-25(23,24)9-3-1-8(2-4-9)19-21-14-13-10-7-17-20-11(10)5-6-12(13)18-15(14)22/h1-7,17,20H,(H,18,22)(H2,16,23,24). The third-order valence-electron chi connectivity index (χ3n) is 3.80. The minimum Gasteiger partial charge on any atom is -0.320 e. The van der Waals surface area contributed by atoms with Gasteiger partial charge in [0.15, 0.2) is 5.69 Å². The summed E-state index contributed by atoms with van der Waals surface area (Å²) in [7, 11) is -3.77. The molecule has 0 fully saturated rings. The summed E-state index contributed by atoms with van der Waals surface area (Å²) in [6.07, 6.45) is 1.74. The van der Waals surface area contributed by atoms with Crippen molar-refractivity contribution in [1.29, 1.82) is 0 Å². The second-order valence-electron chi connectivity index (χ2n) is 5.40. The largest absolute Gasteiger partial charge is 0.320 e. The van der Waals surface area contributed by atoms with E-state index in [2.05, 4.69) is 25.4 Å². The number of hydrogen-bond donors (Lipinski definition) is 4. The van der Waals surface area contributed by atoms with Crippen LogP contribution in [0.4, 0.5) is 11.4 Å². The van der Waals surface area contributed by atoms with Crippen LogP contribution in [0.2, 0.25) is 0 Å². The summed E-state index contributed by atoms with van der Waals surface area (Å²) in [6.45, 7) is 0. The van der Waals surface area contributed by atoms with Crippen molar-refractivity contribution in [2.45, 2.75) is 4.90 Å². The number of aromatic amines is 3. The van der Waals surface area contributed by atoms with Crippen LogP contribution in [0.5, 0.6) is 0 Å². The lowest BCUT2D eigenvalue weighted by atomic mass is 10.1. The predicted molar refractivity (Wildman–Crippen MR) is 92.8 cm³/mol. The number of primary sulfonamides is 1. The smallest absolute Gasteiger partial charge is 0.276 e. The fourth-order valence-corrected chi connectivity index (χ4v) is 3.14. The molecule has 0 amide bonds. The van der Waals surface area contributed by atoms with Gasteiger partial charge in [-0.05, 0) is 36.4 Å². The van der Waals surface area contributed by atoms with Gasteiger partial charge in [0, 0.05) is 17.0 Å². The monoisotopic (exact) mass is 356 g/mol. The number of nitrogens with one attached hydrogen (secondary N) is 3. The molecule has 0 saturated heterocycles. The van der Waals surface area contributed by atoms with Gasteiger partial charge in [-0.1, -0.05) is 0 Å². The van der Waals surface area contributed by atoms with Crippen molar-refractivity contribution >= 4 is 43.2 Å². The van der Waals surface area contributed by atoms with E-state index < -0.39 is 10.0 Å². The number of azo groups is 1. The molecule has 0 radical (unpaired) electrons. The molecule has 0 aliphatic rings. The van der Waals surface area contributed by atoms with Crippen molar-refractivity contribution in [2.75, 3.05) is 0 Å². The predicted octanol–water partition coefficient (Wildman–Crippen LogP) is 2.40. The number of nitrogens with zero attached hydrogens (tertiary/aromatic N) is 2. The third kappa shape index (κ3) is 2.62. The molecular weight excluding hydrogens is 344 g/mol. The Kier molecular flexibility index (Phi) is 3.30. The summed E-state index contributed by atoms with van der Waals surface area (Å²) in [5.41, 5.74) is 1.72. The number of benzene rings is 2. The SMILES string of the molecule is NS(=O)(=O)c1ccc(N=Nc2c(=O)[nH]c3ccc4[nH][nH]cc4c23)cc1. The average molecular weight is 356 g/mol. The van der Waals surface area contributed by atoms with Crippen molar-refractivity contribution in [3.05, 3.63) is 52.9 Å². The molecule has 4 rings (SSSR count). The number of hydrogen-bond acceptors (Lipinski definition) is 5. The van der Waals surface area contributed by atoms with Gasteiger partial charge in [0.2, 0.25) is 10.0 Å². The quantitative estimate of drug-likeness (QED) is 0.417. The van der Waals surface area contributed by atoms with E-state index in [1.165, 1.54) is 24.3 Å². The summed E-state index contributed by atoms with van der Waals surface area (Å²) in [4.78, 5) is 14.9. The van der Waals surface area contributed by atoms with Crippen LogP contribution in [0.3, 0.4) is 0 Å². The van der Waals surface area contributed by atoms with Gasteiger partial charge in [-0.3, -0.25) is 4.79 Å². The van der Waals surface area contributed by atoms with Crippen molar-refractivity contribution in [1.82, 2.24) is 15.2 Å². The zero-order chi connectivity index (χ0) is 17.6. The van der Waals surface area contributed by atoms with Crippen molar-refractivity contribution in [3.63, 3.8) is 0 Å². The van der Waals surface area contributed by atoms with Crippen LogP contribution in [0, 0.1) is 0 Å². The Balaban J connectivity index is 1.80. The Hall–Kier alpha value is -3.24. The molecule has 0 saturated carbocycles. The van der Waals surface area contributed by atoms with E-state index in [1.807, 2.05) is 6.07 Å². The number of fused-ring (bicyclic) bond motifs is 3. The second-order valence-corrected chi connectivity index (χ2v) is 6.97. The molecule has 9 nitrogen and oxygen atoms in total. The van der Waals surface area contributed by atoms with Gasteiger partial charge < -0.3 is 15.2 Å². The van der Waals surface area contributed by atoms with Gasteiger partial charge in [-0.15, -0.1) is 5.11 Å². The average Bonchev–Trinajstić information content (AvgIpc) is 3.15. The van der Waals surface area contributed by atoms with Crippen LogP contribution in [0.1, 0.15) is 0 Å². The lowest BCUT2D eigenvalue weighted by molar-refractivity contribution is 0.598. The van der Waals surface area contributed by atoms with E-state index in [-0.39, 0.29) is 16.1 Å². The van der Waals surface area contributed by atoms with E-state index in [9.17, 15) is 13.2 Å². The highest BCUT2D eigenvalue weighted by molar-refractivity contribution is 7.89. The minimum absolute atomic E-state index is 0.0207. The maximum absolute atomic E-state index is 12.2. The molecule has 0 spiro atoms. The molecule has 0 bridgehead atoms. The number of rotatable bonds is 3. The van der Waals surface area contributed by atoms with Gasteiger partial charge in [0.1, 0.15) is 0 Å². The molecule has 0 aliphatic carbocycles. The maximum Gasteiger partial charge on any atom is 0.276 e. The lowest BCUT2D eigenvalue weighted by Gasteiger charge is -1.97. The number of H-pyrrole nitrogens is 3. The molecule has 25 heavy (non-hydrogen) atoms. The zero-order valence-corrected chi connectivity index (χ0v) is 13.5. The van der Waals surface area contributed by atoms with Gasteiger partial charge >= 0.3 is 0 Å². The summed E-state index contributed by atoms with van der Waals surface area (Å²) >= 11 is 0. The second kappa shape index (κ2) is 5.40. The first-order chi connectivity index (χ1) is 11.9. The maximum atomic E-state index is 12.2. The Bertz CT molecular complexity index is 1280. The van der Waals surface area contributed by atoms with E-state index in [4.69, 9.17) is 5.14 Å². The summed E-state index contributed by atoms with van der Waals surface area (Å²) in [5, 5.41) is 20.4. The normalized spacial score (nSPS) is 12.5. The molecule has 0 aliphatic heterocycles. The van der Waals surface area contributed by atoms with Crippen LogP contribution in [-0.4, -0.2) is 23.6 Å². The number of nitrogens with two attached hydrogens (primary N) is 1. The molecule has 4 aromatic rings. The molecule has 126 valence electrons. The van der Waals surface area contributed by atoms with E-state index in [0.29, 0.717) is 16.6 Å². The van der Waals surface area contributed by atoms with E-state index >= 15 is 0 Å². The molecule has 0 unspecified atom stereocenters. The molecule has 10 heteroatoms. The summed E-state index contributed by atoms with van der Waals surface area (Å²) < 4.78 is 22.5. The highest BCUT2D eigenvalue weighted by Gasteiger charge is 2.13. The topological polar surface area (TPSA) is 149 Å². The molecule has 2 heterocycles. The fourth-order valence-electron chi connectivity index (χ4n) is 2.62. The van der Waals surface area contributed by atoms with Crippen molar-refractivity contribution < 1.29 is 8.42 Å². The van der Waals surface area contributed by atoms with Gasteiger partial charge in [0.05, 0.1) is 21.6 Å². The van der Waals surface area contributed by atoms with Crippen molar-refractivity contribution in [2.24, 2.45) is 15.4 Å². The Morgan fingerprint density at radius 3 is 2.40 bits per heavy atom. The van der Waals surface area contributed by atoms with Crippen molar-refractivity contribution in [3.8, 4) is 0 Å². The van der Waals surface area contributed by atoms with Crippen LogP contribution < -0.4 is 10.7 Å². The molecule has 2 aromatic carbocycles. The Labute approximate surface area is 140 Å². The zero-order valence-electron chi connectivity index (χ0n) is 12.6. The van der Waals surface area contributed by atoms with Crippen LogP contribution in [-0.2, 0) is 10.0 Å². The van der Waals surface area contributed by atoms with E-state index in [0.717, 1.165) is 10.9 Å². The Morgan fingerprint density at radius 2 is 1.68 bits per heavy atom. The Morgan fingerprint density at radius 1 is 0.960 bits per heavy atom. The summed E-state index contributed by atoms with van der Waals surface area (Å²) in [6, 6.07) is 9.21.